The zero-order valence-corrected chi connectivity index (χ0v) is 12.9. The van der Waals surface area contributed by atoms with Crippen LogP contribution < -0.4 is 5.32 Å². The highest BCUT2D eigenvalue weighted by Crippen LogP contribution is 2.08. The molecule has 1 aromatic carbocycles. The number of carbonyl (C=O) groups excluding carboxylic acids is 1. The van der Waals surface area contributed by atoms with Crippen LogP contribution in [0.3, 0.4) is 0 Å². The van der Waals surface area contributed by atoms with Crippen LogP contribution in [0.15, 0.2) is 30.3 Å². The van der Waals surface area contributed by atoms with Crippen molar-refractivity contribution in [3.05, 3.63) is 35.9 Å². The molecule has 1 saturated heterocycles. The smallest absolute Gasteiger partial charge is 0.325 e. The molecule has 0 radical (unpaired) electrons. The lowest BCUT2D eigenvalue weighted by Gasteiger charge is -2.34. The number of amides is 1. The van der Waals surface area contributed by atoms with Crippen molar-refractivity contribution in [2.75, 3.05) is 32.7 Å². The molecule has 0 aromatic heterocycles. The fraction of sp³-hybridized carbons (Fsp3) is 0.500. The van der Waals surface area contributed by atoms with E-state index in [9.17, 15) is 9.59 Å². The normalized spacial score (nSPS) is 17.9. The highest BCUT2D eigenvalue weighted by Gasteiger charge is 2.20. The molecule has 6 heteroatoms. The first-order chi connectivity index (χ1) is 10.5. The molecular formula is C16H23N3O3. The lowest BCUT2D eigenvalue weighted by Crippen LogP contribution is -2.50. The van der Waals surface area contributed by atoms with Gasteiger partial charge in [0, 0.05) is 32.7 Å². The van der Waals surface area contributed by atoms with Gasteiger partial charge in [0.2, 0.25) is 5.91 Å². The molecule has 2 N–H and O–H groups in total. The number of nitrogens with zero attached hydrogens (tertiary/aromatic N) is 2. The van der Waals surface area contributed by atoms with Gasteiger partial charge in [0.05, 0.1) is 6.54 Å². The Balaban J connectivity index is 1.71. The van der Waals surface area contributed by atoms with Gasteiger partial charge in [-0.3, -0.25) is 19.4 Å². The standard InChI is InChI=1S/C16H23N3O3/c1-13(16(21)22)17-15(20)12-19-9-7-18(8-10-19)11-14-5-3-2-4-6-14/h2-6,13H,7-12H2,1H3,(H,17,20)(H,21,22). The van der Waals surface area contributed by atoms with Crippen LogP contribution in [0.5, 0.6) is 0 Å². The Bertz CT molecular complexity index is 499. The number of rotatable bonds is 6. The molecule has 1 fully saturated rings. The van der Waals surface area contributed by atoms with E-state index in [0.717, 1.165) is 32.7 Å². The first-order valence-corrected chi connectivity index (χ1v) is 7.55. The van der Waals surface area contributed by atoms with Gasteiger partial charge in [0.15, 0.2) is 0 Å². The number of hydrogen-bond acceptors (Lipinski definition) is 4. The Morgan fingerprint density at radius 1 is 1.14 bits per heavy atom. The van der Waals surface area contributed by atoms with Crippen molar-refractivity contribution in [1.82, 2.24) is 15.1 Å². The summed E-state index contributed by atoms with van der Waals surface area (Å²) in [6, 6.07) is 9.49. The van der Waals surface area contributed by atoms with Crippen molar-refractivity contribution in [2.24, 2.45) is 0 Å². The Morgan fingerprint density at radius 2 is 1.73 bits per heavy atom. The van der Waals surface area contributed by atoms with Crippen LogP contribution >= 0.6 is 0 Å². The lowest BCUT2D eigenvalue weighted by atomic mass is 10.2. The maximum absolute atomic E-state index is 11.8. The van der Waals surface area contributed by atoms with Gasteiger partial charge in [-0.2, -0.15) is 0 Å². The van der Waals surface area contributed by atoms with Gasteiger partial charge in [-0.15, -0.1) is 0 Å². The number of carbonyl (C=O) groups is 2. The first-order valence-electron chi connectivity index (χ1n) is 7.55. The summed E-state index contributed by atoms with van der Waals surface area (Å²) >= 11 is 0. The summed E-state index contributed by atoms with van der Waals surface area (Å²) in [6.07, 6.45) is 0. The second-order valence-electron chi connectivity index (χ2n) is 5.67. The molecule has 1 heterocycles. The number of hydrogen-bond donors (Lipinski definition) is 2. The number of carboxylic acids is 1. The van der Waals surface area contributed by atoms with Gasteiger partial charge >= 0.3 is 5.97 Å². The number of aliphatic carboxylic acids is 1. The summed E-state index contributed by atoms with van der Waals surface area (Å²) in [5, 5.41) is 11.3. The van der Waals surface area contributed by atoms with Crippen LogP contribution in [0.4, 0.5) is 0 Å². The van der Waals surface area contributed by atoms with Crippen LogP contribution in [0, 0.1) is 0 Å². The van der Waals surface area contributed by atoms with Crippen molar-refractivity contribution in [1.29, 1.82) is 0 Å². The predicted octanol–water partition coefficient (Wildman–Crippen LogP) is 0.394. The number of carboxylic acid groups (broad SMARTS) is 1. The molecule has 1 amide bonds. The van der Waals surface area contributed by atoms with E-state index in [4.69, 9.17) is 5.11 Å². The summed E-state index contributed by atoms with van der Waals surface area (Å²) in [5.74, 6) is -1.24. The summed E-state index contributed by atoms with van der Waals surface area (Å²) < 4.78 is 0. The number of piperazine rings is 1. The van der Waals surface area contributed by atoms with Crippen LogP contribution in [-0.2, 0) is 16.1 Å². The molecule has 1 aliphatic rings. The van der Waals surface area contributed by atoms with Gasteiger partial charge in [-0.25, -0.2) is 0 Å². The van der Waals surface area contributed by atoms with Crippen molar-refractivity contribution in [3.8, 4) is 0 Å². The van der Waals surface area contributed by atoms with E-state index in [-0.39, 0.29) is 12.5 Å². The average molecular weight is 305 g/mol. The van der Waals surface area contributed by atoms with Gasteiger partial charge in [-0.05, 0) is 12.5 Å². The average Bonchev–Trinajstić information content (AvgIpc) is 2.50. The van der Waals surface area contributed by atoms with Gasteiger partial charge in [0.25, 0.3) is 0 Å². The molecule has 0 aliphatic carbocycles. The Labute approximate surface area is 130 Å². The van der Waals surface area contributed by atoms with E-state index in [1.165, 1.54) is 12.5 Å². The molecular weight excluding hydrogens is 282 g/mol. The Morgan fingerprint density at radius 3 is 2.32 bits per heavy atom. The zero-order valence-electron chi connectivity index (χ0n) is 12.9. The first kappa shape index (κ1) is 16.5. The highest BCUT2D eigenvalue weighted by molar-refractivity contribution is 5.84. The van der Waals surface area contributed by atoms with Crippen molar-refractivity contribution < 1.29 is 14.7 Å². The molecule has 1 atom stereocenters. The largest absolute Gasteiger partial charge is 0.480 e. The topological polar surface area (TPSA) is 72.9 Å². The van der Waals surface area contributed by atoms with Crippen LogP contribution in [0.1, 0.15) is 12.5 Å². The van der Waals surface area contributed by atoms with Crippen LogP contribution in [0.2, 0.25) is 0 Å². The van der Waals surface area contributed by atoms with E-state index in [1.807, 2.05) is 18.2 Å². The molecule has 0 bridgehead atoms. The molecule has 1 aromatic rings. The molecule has 0 saturated carbocycles. The summed E-state index contributed by atoms with van der Waals surface area (Å²) in [5.41, 5.74) is 1.30. The van der Waals surface area contributed by atoms with Crippen LogP contribution in [-0.4, -0.2) is 65.5 Å². The third-order valence-corrected chi connectivity index (χ3v) is 3.83. The number of benzene rings is 1. The van der Waals surface area contributed by atoms with Gasteiger partial charge in [-0.1, -0.05) is 30.3 Å². The lowest BCUT2D eigenvalue weighted by molar-refractivity contribution is -0.141. The fourth-order valence-corrected chi connectivity index (χ4v) is 2.50. The minimum atomic E-state index is -1.01. The monoisotopic (exact) mass is 305 g/mol. The SMILES string of the molecule is CC(NC(=O)CN1CCN(Cc2ccccc2)CC1)C(=O)O. The highest BCUT2D eigenvalue weighted by atomic mass is 16.4. The minimum Gasteiger partial charge on any atom is -0.480 e. The molecule has 1 unspecified atom stereocenters. The van der Waals surface area contributed by atoms with E-state index in [0.29, 0.717) is 0 Å². The predicted molar refractivity (Wildman–Crippen MR) is 83.4 cm³/mol. The maximum atomic E-state index is 11.8. The molecule has 0 spiro atoms. The third-order valence-electron chi connectivity index (χ3n) is 3.83. The van der Waals surface area contributed by atoms with Gasteiger partial charge < -0.3 is 10.4 Å². The van der Waals surface area contributed by atoms with Gasteiger partial charge in [0.1, 0.15) is 6.04 Å². The zero-order chi connectivity index (χ0) is 15.9. The summed E-state index contributed by atoms with van der Waals surface area (Å²) in [7, 11) is 0. The van der Waals surface area contributed by atoms with Crippen molar-refractivity contribution in [3.63, 3.8) is 0 Å². The van der Waals surface area contributed by atoms with E-state index in [1.54, 1.807) is 0 Å². The Kier molecular flexibility index (Phi) is 5.91. The second-order valence-corrected chi connectivity index (χ2v) is 5.67. The third kappa shape index (κ3) is 5.13. The van der Waals surface area contributed by atoms with Crippen LogP contribution in [0.25, 0.3) is 0 Å². The Hall–Kier alpha value is -1.92. The van der Waals surface area contributed by atoms with E-state index in [2.05, 4.69) is 27.2 Å². The maximum Gasteiger partial charge on any atom is 0.325 e. The summed E-state index contributed by atoms with van der Waals surface area (Å²) in [4.78, 5) is 26.9. The molecule has 6 nitrogen and oxygen atoms in total. The molecule has 2 rings (SSSR count). The van der Waals surface area contributed by atoms with Crippen molar-refractivity contribution in [2.45, 2.75) is 19.5 Å². The molecule has 22 heavy (non-hydrogen) atoms. The number of nitrogens with one attached hydrogen (secondary N) is 1. The summed E-state index contributed by atoms with van der Waals surface area (Å²) in [6.45, 7) is 6.13. The van der Waals surface area contributed by atoms with Crippen molar-refractivity contribution >= 4 is 11.9 Å². The van der Waals surface area contributed by atoms with E-state index >= 15 is 0 Å². The fourth-order valence-electron chi connectivity index (χ4n) is 2.50. The molecule has 120 valence electrons. The van der Waals surface area contributed by atoms with E-state index < -0.39 is 12.0 Å². The minimum absolute atomic E-state index is 0.230. The quantitative estimate of drug-likeness (QED) is 0.795. The molecule has 1 aliphatic heterocycles. The second kappa shape index (κ2) is 7.91.